The van der Waals surface area contributed by atoms with Crippen molar-refractivity contribution in [3.05, 3.63) is 35.4 Å². The Morgan fingerprint density at radius 1 is 1.19 bits per heavy atom. The van der Waals surface area contributed by atoms with Crippen molar-refractivity contribution in [2.24, 2.45) is 5.92 Å². The molecule has 0 radical (unpaired) electrons. The number of carbonyl (C=O) groups is 1. The van der Waals surface area contributed by atoms with Crippen molar-refractivity contribution in [3.63, 3.8) is 0 Å². The van der Waals surface area contributed by atoms with Gasteiger partial charge < -0.3 is 0 Å². The Balaban J connectivity index is 2.60. The average molecular weight is 218 g/mol. The van der Waals surface area contributed by atoms with E-state index < -0.39 is 0 Å². The first-order valence-corrected chi connectivity index (χ1v) is 6.25. The topological polar surface area (TPSA) is 17.1 Å². The maximum atomic E-state index is 11.7. The number of carbonyl (C=O) groups excluding carboxylic acids is 1. The molecule has 0 aliphatic rings. The number of unbranched alkanes of at least 4 members (excludes halogenated alkanes) is 1. The van der Waals surface area contributed by atoms with Gasteiger partial charge in [-0.15, -0.1) is 0 Å². The second kappa shape index (κ2) is 6.47. The molecular weight excluding hydrogens is 196 g/mol. The van der Waals surface area contributed by atoms with Gasteiger partial charge in [0.1, 0.15) is 0 Å². The molecular formula is C15H22O. The summed E-state index contributed by atoms with van der Waals surface area (Å²) in [5, 5.41) is 0. The molecule has 1 rings (SSSR count). The van der Waals surface area contributed by atoms with Crippen LogP contribution >= 0.6 is 0 Å². The molecule has 0 atom stereocenters. The molecule has 1 aromatic carbocycles. The fourth-order valence-corrected chi connectivity index (χ4v) is 1.78. The van der Waals surface area contributed by atoms with Gasteiger partial charge in [0.2, 0.25) is 0 Å². The standard InChI is InChI=1S/C15H22O/c1-4-5-6-15(16)14-9-7-13(8-10-14)11-12(2)3/h7-10,12H,4-6,11H2,1-3H3. The van der Waals surface area contributed by atoms with Gasteiger partial charge in [-0.1, -0.05) is 51.5 Å². The summed E-state index contributed by atoms with van der Waals surface area (Å²) in [6, 6.07) is 8.10. The van der Waals surface area contributed by atoms with E-state index in [1.807, 2.05) is 12.1 Å². The molecule has 0 aliphatic carbocycles. The summed E-state index contributed by atoms with van der Waals surface area (Å²) < 4.78 is 0. The number of ketones is 1. The predicted octanol–water partition coefficient (Wildman–Crippen LogP) is 4.26. The van der Waals surface area contributed by atoms with E-state index in [4.69, 9.17) is 0 Å². The zero-order valence-corrected chi connectivity index (χ0v) is 10.6. The molecule has 0 spiro atoms. The highest BCUT2D eigenvalue weighted by molar-refractivity contribution is 5.96. The van der Waals surface area contributed by atoms with Crippen LogP contribution < -0.4 is 0 Å². The molecule has 1 nitrogen and oxygen atoms in total. The fraction of sp³-hybridized carbons (Fsp3) is 0.533. The van der Waals surface area contributed by atoms with Crippen molar-refractivity contribution >= 4 is 5.78 Å². The smallest absolute Gasteiger partial charge is 0.162 e. The number of hydrogen-bond donors (Lipinski definition) is 0. The number of hydrogen-bond acceptors (Lipinski definition) is 1. The molecule has 0 amide bonds. The van der Waals surface area contributed by atoms with E-state index in [0.29, 0.717) is 12.3 Å². The molecule has 0 fully saturated rings. The first-order chi connectivity index (χ1) is 7.63. The van der Waals surface area contributed by atoms with Crippen molar-refractivity contribution in [1.29, 1.82) is 0 Å². The van der Waals surface area contributed by atoms with Crippen LogP contribution in [0.15, 0.2) is 24.3 Å². The first kappa shape index (κ1) is 13.0. The quantitative estimate of drug-likeness (QED) is 0.652. The van der Waals surface area contributed by atoms with Gasteiger partial charge in [-0.2, -0.15) is 0 Å². The number of Topliss-reactive ketones (excluding diaryl/α,β-unsaturated/α-hetero) is 1. The average Bonchev–Trinajstić information content (AvgIpc) is 2.26. The van der Waals surface area contributed by atoms with E-state index in [2.05, 4.69) is 32.9 Å². The third kappa shape index (κ3) is 4.18. The van der Waals surface area contributed by atoms with Gasteiger partial charge in [0.25, 0.3) is 0 Å². The van der Waals surface area contributed by atoms with Crippen LogP contribution in [0, 0.1) is 5.92 Å². The van der Waals surface area contributed by atoms with Gasteiger partial charge >= 0.3 is 0 Å². The van der Waals surface area contributed by atoms with Gasteiger partial charge in [-0.05, 0) is 24.3 Å². The molecule has 0 saturated carbocycles. The highest BCUT2D eigenvalue weighted by Crippen LogP contribution is 2.12. The Kier molecular flexibility index (Phi) is 5.24. The third-order valence-electron chi connectivity index (χ3n) is 2.68. The van der Waals surface area contributed by atoms with E-state index in [0.717, 1.165) is 24.8 Å². The molecule has 0 saturated heterocycles. The minimum Gasteiger partial charge on any atom is -0.294 e. The molecule has 16 heavy (non-hydrogen) atoms. The Bertz CT molecular complexity index is 322. The minimum atomic E-state index is 0.276. The normalized spacial score (nSPS) is 10.8. The second-order valence-electron chi connectivity index (χ2n) is 4.82. The van der Waals surface area contributed by atoms with Gasteiger partial charge in [0.05, 0.1) is 0 Å². The van der Waals surface area contributed by atoms with Crippen LogP contribution in [-0.2, 0) is 6.42 Å². The summed E-state index contributed by atoms with van der Waals surface area (Å²) in [4.78, 5) is 11.7. The highest BCUT2D eigenvalue weighted by atomic mass is 16.1. The van der Waals surface area contributed by atoms with Crippen molar-refractivity contribution in [3.8, 4) is 0 Å². The SMILES string of the molecule is CCCCC(=O)c1ccc(CC(C)C)cc1. The van der Waals surface area contributed by atoms with Crippen LogP contribution in [-0.4, -0.2) is 5.78 Å². The van der Waals surface area contributed by atoms with E-state index in [1.54, 1.807) is 0 Å². The van der Waals surface area contributed by atoms with Crippen LogP contribution in [0.4, 0.5) is 0 Å². The molecule has 1 aromatic rings. The molecule has 0 aromatic heterocycles. The zero-order valence-electron chi connectivity index (χ0n) is 10.6. The molecule has 0 aliphatic heterocycles. The van der Waals surface area contributed by atoms with Crippen LogP contribution in [0.1, 0.15) is 56.0 Å². The lowest BCUT2D eigenvalue weighted by molar-refractivity contribution is 0.0980. The predicted molar refractivity (Wildman–Crippen MR) is 68.8 cm³/mol. The lowest BCUT2D eigenvalue weighted by Gasteiger charge is -2.06. The monoisotopic (exact) mass is 218 g/mol. The molecule has 0 heterocycles. The van der Waals surface area contributed by atoms with Gasteiger partial charge in [0.15, 0.2) is 5.78 Å². The third-order valence-corrected chi connectivity index (χ3v) is 2.68. The van der Waals surface area contributed by atoms with Gasteiger partial charge in [-0.25, -0.2) is 0 Å². The van der Waals surface area contributed by atoms with Crippen LogP contribution in [0.25, 0.3) is 0 Å². The minimum absolute atomic E-state index is 0.276. The molecule has 88 valence electrons. The van der Waals surface area contributed by atoms with Crippen molar-refractivity contribution in [1.82, 2.24) is 0 Å². The Morgan fingerprint density at radius 3 is 2.31 bits per heavy atom. The van der Waals surface area contributed by atoms with Gasteiger partial charge in [-0.3, -0.25) is 4.79 Å². The molecule has 1 heteroatoms. The summed E-state index contributed by atoms with van der Waals surface area (Å²) in [7, 11) is 0. The van der Waals surface area contributed by atoms with Crippen LogP contribution in [0.5, 0.6) is 0 Å². The molecule has 0 N–H and O–H groups in total. The molecule has 0 unspecified atom stereocenters. The Labute approximate surface area is 98.9 Å². The van der Waals surface area contributed by atoms with E-state index in [9.17, 15) is 4.79 Å². The molecule has 0 bridgehead atoms. The number of benzene rings is 1. The number of rotatable bonds is 6. The van der Waals surface area contributed by atoms with E-state index >= 15 is 0 Å². The van der Waals surface area contributed by atoms with Gasteiger partial charge in [0, 0.05) is 12.0 Å². The maximum Gasteiger partial charge on any atom is 0.162 e. The summed E-state index contributed by atoms with van der Waals surface area (Å²) in [5.41, 5.74) is 2.18. The largest absolute Gasteiger partial charge is 0.294 e. The van der Waals surface area contributed by atoms with Crippen molar-refractivity contribution in [2.75, 3.05) is 0 Å². The zero-order chi connectivity index (χ0) is 12.0. The fourth-order valence-electron chi connectivity index (χ4n) is 1.78. The second-order valence-corrected chi connectivity index (χ2v) is 4.82. The maximum absolute atomic E-state index is 11.7. The van der Waals surface area contributed by atoms with Crippen molar-refractivity contribution < 1.29 is 4.79 Å². The van der Waals surface area contributed by atoms with E-state index in [-0.39, 0.29) is 5.78 Å². The first-order valence-electron chi connectivity index (χ1n) is 6.25. The summed E-state index contributed by atoms with van der Waals surface area (Å²) >= 11 is 0. The van der Waals surface area contributed by atoms with Crippen LogP contribution in [0.3, 0.4) is 0 Å². The van der Waals surface area contributed by atoms with E-state index in [1.165, 1.54) is 5.56 Å². The summed E-state index contributed by atoms with van der Waals surface area (Å²) in [5.74, 6) is 0.944. The van der Waals surface area contributed by atoms with Crippen LogP contribution in [0.2, 0.25) is 0 Å². The lowest BCUT2D eigenvalue weighted by Crippen LogP contribution is -2.00. The Hall–Kier alpha value is -1.11. The Morgan fingerprint density at radius 2 is 1.81 bits per heavy atom. The highest BCUT2D eigenvalue weighted by Gasteiger charge is 2.05. The van der Waals surface area contributed by atoms with Crippen molar-refractivity contribution in [2.45, 2.75) is 46.5 Å². The summed E-state index contributed by atoms with van der Waals surface area (Å²) in [6.45, 7) is 6.53. The summed E-state index contributed by atoms with van der Waals surface area (Å²) in [6.07, 6.45) is 3.84. The lowest BCUT2D eigenvalue weighted by atomic mass is 9.99.